The van der Waals surface area contributed by atoms with Crippen LogP contribution in [0.1, 0.15) is 47.1 Å². The van der Waals surface area contributed by atoms with E-state index in [-0.39, 0.29) is 17.9 Å². The van der Waals surface area contributed by atoms with Crippen molar-refractivity contribution in [2.75, 3.05) is 13.1 Å². The molecule has 0 unspecified atom stereocenters. The minimum Gasteiger partial charge on any atom is -0.440 e. The third-order valence-corrected chi connectivity index (χ3v) is 5.02. The van der Waals surface area contributed by atoms with Gasteiger partial charge in [-0.1, -0.05) is 38.1 Å². The van der Waals surface area contributed by atoms with Crippen LogP contribution in [0.4, 0.5) is 0 Å². The van der Waals surface area contributed by atoms with E-state index in [1.807, 2.05) is 49.1 Å². The molecule has 0 bridgehead atoms. The van der Waals surface area contributed by atoms with Gasteiger partial charge in [-0.2, -0.15) is 0 Å². The van der Waals surface area contributed by atoms with Gasteiger partial charge in [0, 0.05) is 24.6 Å². The first-order valence-electron chi connectivity index (χ1n) is 9.37. The Morgan fingerprint density at radius 1 is 1.26 bits per heavy atom. The molecule has 4 rings (SSSR count). The van der Waals surface area contributed by atoms with Crippen LogP contribution >= 0.6 is 0 Å². The summed E-state index contributed by atoms with van der Waals surface area (Å²) in [6.45, 7) is 7.99. The molecular formula is C22H24N2O3. The number of amides is 1. The van der Waals surface area contributed by atoms with Gasteiger partial charge in [0.15, 0.2) is 11.5 Å². The number of fused-ring (bicyclic) bond motifs is 1. The molecule has 3 aromatic rings. The van der Waals surface area contributed by atoms with E-state index in [4.69, 9.17) is 9.15 Å². The molecule has 1 saturated heterocycles. The van der Waals surface area contributed by atoms with Crippen molar-refractivity contribution in [1.29, 1.82) is 0 Å². The van der Waals surface area contributed by atoms with Gasteiger partial charge in [-0.3, -0.25) is 4.79 Å². The SMILES string of the molecule is Cc1ccccc1COC1CN(C(=O)c2ccc3oc(C(C)C)nc3c2)C1. The fraction of sp³-hybridized carbons (Fsp3) is 0.364. The average Bonchev–Trinajstić information content (AvgIpc) is 3.05. The number of rotatable bonds is 5. The fourth-order valence-corrected chi connectivity index (χ4v) is 3.20. The van der Waals surface area contributed by atoms with Gasteiger partial charge in [0.05, 0.1) is 12.7 Å². The molecule has 1 aliphatic heterocycles. The van der Waals surface area contributed by atoms with Gasteiger partial charge in [0.1, 0.15) is 5.52 Å². The summed E-state index contributed by atoms with van der Waals surface area (Å²) >= 11 is 0. The first-order valence-corrected chi connectivity index (χ1v) is 9.37. The summed E-state index contributed by atoms with van der Waals surface area (Å²) in [5, 5.41) is 0. The highest BCUT2D eigenvalue weighted by atomic mass is 16.5. The zero-order valence-corrected chi connectivity index (χ0v) is 15.9. The van der Waals surface area contributed by atoms with Gasteiger partial charge in [0.25, 0.3) is 5.91 Å². The van der Waals surface area contributed by atoms with Crippen molar-refractivity contribution >= 4 is 17.0 Å². The summed E-state index contributed by atoms with van der Waals surface area (Å²) in [5.41, 5.74) is 4.52. The number of carbonyl (C=O) groups is 1. The van der Waals surface area contributed by atoms with E-state index in [9.17, 15) is 4.79 Å². The van der Waals surface area contributed by atoms with E-state index in [1.54, 1.807) is 0 Å². The lowest BCUT2D eigenvalue weighted by Crippen LogP contribution is -2.54. The zero-order valence-electron chi connectivity index (χ0n) is 15.9. The van der Waals surface area contributed by atoms with Crippen molar-refractivity contribution in [3.63, 3.8) is 0 Å². The monoisotopic (exact) mass is 364 g/mol. The topological polar surface area (TPSA) is 55.6 Å². The Morgan fingerprint density at radius 3 is 2.78 bits per heavy atom. The molecule has 0 atom stereocenters. The highest BCUT2D eigenvalue weighted by Gasteiger charge is 2.32. The number of oxazole rings is 1. The van der Waals surface area contributed by atoms with Gasteiger partial charge in [0.2, 0.25) is 0 Å². The summed E-state index contributed by atoms with van der Waals surface area (Å²) in [4.78, 5) is 19.0. The molecule has 140 valence electrons. The van der Waals surface area contributed by atoms with Gasteiger partial charge < -0.3 is 14.1 Å². The third-order valence-electron chi connectivity index (χ3n) is 5.02. The van der Waals surface area contributed by atoms with Crippen molar-refractivity contribution in [1.82, 2.24) is 9.88 Å². The lowest BCUT2D eigenvalue weighted by molar-refractivity contribution is -0.0504. The smallest absolute Gasteiger partial charge is 0.254 e. The molecule has 1 fully saturated rings. The fourth-order valence-electron chi connectivity index (χ4n) is 3.20. The predicted octanol–water partition coefficient (Wildman–Crippen LogP) is 4.30. The van der Waals surface area contributed by atoms with Crippen molar-refractivity contribution in [3.8, 4) is 0 Å². The number of likely N-dealkylation sites (tertiary alicyclic amines) is 1. The molecule has 0 radical (unpaired) electrons. The average molecular weight is 364 g/mol. The third kappa shape index (κ3) is 3.60. The minimum absolute atomic E-state index is 0.0155. The Labute approximate surface area is 158 Å². The summed E-state index contributed by atoms with van der Waals surface area (Å²) in [6, 6.07) is 13.7. The predicted molar refractivity (Wildman–Crippen MR) is 104 cm³/mol. The van der Waals surface area contributed by atoms with Crippen LogP contribution in [0.15, 0.2) is 46.9 Å². The first kappa shape index (κ1) is 17.7. The summed E-state index contributed by atoms with van der Waals surface area (Å²) in [7, 11) is 0. The molecule has 1 aliphatic rings. The van der Waals surface area contributed by atoms with Crippen LogP contribution in [0.2, 0.25) is 0 Å². The zero-order chi connectivity index (χ0) is 19.0. The van der Waals surface area contributed by atoms with E-state index in [1.165, 1.54) is 11.1 Å². The summed E-state index contributed by atoms with van der Waals surface area (Å²) in [6.07, 6.45) is 0.0943. The molecule has 5 heteroatoms. The molecule has 0 spiro atoms. The van der Waals surface area contributed by atoms with Crippen LogP contribution in [0.3, 0.4) is 0 Å². The Hall–Kier alpha value is -2.66. The molecule has 1 amide bonds. The highest BCUT2D eigenvalue weighted by Crippen LogP contribution is 2.24. The number of hydrogen-bond acceptors (Lipinski definition) is 4. The number of hydrogen-bond donors (Lipinski definition) is 0. The first-order chi connectivity index (χ1) is 13.0. The molecule has 0 N–H and O–H groups in total. The van der Waals surface area contributed by atoms with Crippen molar-refractivity contribution < 1.29 is 13.9 Å². The van der Waals surface area contributed by atoms with E-state index in [0.29, 0.717) is 31.2 Å². The standard InChI is InChI=1S/C22H24N2O3/c1-14(2)21-23-19-10-16(8-9-20(19)27-21)22(25)24-11-18(12-24)26-13-17-7-5-4-6-15(17)3/h4-10,14,18H,11-13H2,1-3H3. The molecule has 0 saturated carbocycles. The second-order valence-corrected chi connectivity index (χ2v) is 7.46. The van der Waals surface area contributed by atoms with Crippen molar-refractivity contribution in [2.24, 2.45) is 0 Å². The number of aryl methyl sites for hydroxylation is 1. The maximum Gasteiger partial charge on any atom is 0.254 e. The Kier molecular flexibility index (Phi) is 4.70. The molecule has 2 heterocycles. The normalized spacial score (nSPS) is 14.7. The van der Waals surface area contributed by atoms with Gasteiger partial charge in [-0.05, 0) is 36.2 Å². The molecule has 0 aliphatic carbocycles. The Bertz CT molecular complexity index is 971. The quantitative estimate of drug-likeness (QED) is 0.677. The Balaban J connectivity index is 1.36. The maximum atomic E-state index is 12.7. The maximum absolute atomic E-state index is 12.7. The van der Waals surface area contributed by atoms with Gasteiger partial charge in [-0.15, -0.1) is 0 Å². The van der Waals surface area contributed by atoms with Crippen LogP contribution in [0.5, 0.6) is 0 Å². The summed E-state index contributed by atoms with van der Waals surface area (Å²) in [5.74, 6) is 0.933. The highest BCUT2D eigenvalue weighted by molar-refractivity contribution is 5.97. The lowest BCUT2D eigenvalue weighted by Gasteiger charge is -2.39. The van der Waals surface area contributed by atoms with Crippen molar-refractivity contribution in [2.45, 2.75) is 39.4 Å². The van der Waals surface area contributed by atoms with Gasteiger partial charge in [-0.25, -0.2) is 4.98 Å². The molecule has 27 heavy (non-hydrogen) atoms. The van der Waals surface area contributed by atoms with Crippen LogP contribution in [0, 0.1) is 6.92 Å². The van der Waals surface area contributed by atoms with Crippen LogP contribution < -0.4 is 0 Å². The number of nitrogens with zero attached hydrogens (tertiary/aromatic N) is 2. The number of benzene rings is 2. The number of aromatic nitrogens is 1. The second-order valence-electron chi connectivity index (χ2n) is 7.46. The van der Waals surface area contributed by atoms with E-state index >= 15 is 0 Å². The van der Waals surface area contributed by atoms with E-state index in [2.05, 4.69) is 24.0 Å². The lowest BCUT2D eigenvalue weighted by atomic mass is 10.1. The van der Waals surface area contributed by atoms with Gasteiger partial charge >= 0.3 is 0 Å². The van der Waals surface area contributed by atoms with Crippen LogP contribution in [-0.4, -0.2) is 35.0 Å². The largest absolute Gasteiger partial charge is 0.440 e. The van der Waals surface area contributed by atoms with E-state index in [0.717, 1.165) is 11.1 Å². The molecule has 1 aromatic heterocycles. The van der Waals surface area contributed by atoms with Crippen LogP contribution in [-0.2, 0) is 11.3 Å². The molecular weight excluding hydrogens is 340 g/mol. The number of ether oxygens (including phenoxy) is 1. The van der Waals surface area contributed by atoms with E-state index < -0.39 is 0 Å². The number of carbonyl (C=O) groups excluding carboxylic acids is 1. The molecule has 5 nitrogen and oxygen atoms in total. The second kappa shape index (κ2) is 7.16. The molecule has 2 aromatic carbocycles. The summed E-state index contributed by atoms with van der Waals surface area (Å²) < 4.78 is 11.6. The van der Waals surface area contributed by atoms with Crippen molar-refractivity contribution in [3.05, 3.63) is 65.0 Å². The Morgan fingerprint density at radius 2 is 2.04 bits per heavy atom. The minimum atomic E-state index is 0.0155. The van der Waals surface area contributed by atoms with Crippen LogP contribution in [0.25, 0.3) is 11.1 Å².